The van der Waals surface area contributed by atoms with Crippen molar-refractivity contribution in [3.63, 3.8) is 0 Å². The molecule has 7 heavy (non-hydrogen) atoms. The van der Waals surface area contributed by atoms with Gasteiger partial charge in [-0.05, 0) is 22.2 Å². The van der Waals surface area contributed by atoms with Gasteiger partial charge in [0, 0.05) is 0 Å². The van der Waals surface area contributed by atoms with Gasteiger partial charge in [-0.3, -0.25) is 0 Å². The van der Waals surface area contributed by atoms with Gasteiger partial charge in [0.25, 0.3) is 0 Å². The molecule has 0 aromatic carbocycles. The average molecular weight is 113 g/mol. The first kappa shape index (κ1) is 6.23. The molecule has 0 bridgehead atoms. The molecule has 4 heteroatoms. The lowest BCUT2D eigenvalue weighted by molar-refractivity contribution is 0.865. The van der Waals surface area contributed by atoms with Crippen LogP contribution < -0.4 is 0 Å². The van der Waals surface area contributed by atoms with Crippen molar-refractivity contribution in [1.29, 1.82) is 0 Å². The number of rotatable bonds is 0. The van der Waals surface area contributed by atoms with E-state index in [1.165, 1.54) is 0 Å². The zero-order valence-corrected chi connectivity index (χ0v) is 3.07. The quantitative estimate of drug-likeness (QED) is 0.381. The molecular formula is C3H7N3Si. The van der Waals surface area contributed by atoms with E-state index in [4.69, 9.17) is 0 Å². The molecule has 0 spiro atoms. The van der Waals surface area contributed by atoms with Gasteiger partial charge in [0.05, 0.1) is 12.4 Å². The predicted octanol–water partition coefficient (Wildman–Crippen LogP) is -1.58. The van der Waals surface area contributed by atoms with Crippen LogP contribution in [0.2, 0.25) is 0 Å². The first-order valence-corrected chi connectivity index (χ1v) is 1.58. The van der Waals surface area contributed by atoms with Crippen molar-refractivity contribution in [2.45, 2.75) is 0 Å². The van der Waals surface area contributed by atoms with Gasteiger partial charge in [0.1, 0.15) is 0 Å². The zero-order valence-electron chi connectivity index (χ0n) is 3.07. The smallest absolute Gasteiger partial charge is 0.0529 e. The summed E-state index contributed by atoms with van der Waals surface area (Å²) >= 11 is 0. The summed E-state index contributed by atoms with van der Waals surface area (Å²) in [4.78, 5) is 0. The van der Waals surface area contributed by atoms with Crippen LogP contribution in [0.15, 0.2) is 18.5 Å². The SMILES string of the molecule is [SiH4].c1cnnnc1. The van der Waals surface area contributed by atoms with Crippen molar-refractivity contribution in [3.05, 3.63) is 18.5 Å². The van der Waals surface area contributed by atoms with E-state index in [0.29, 0.717) is 0 Å². The third-order valence-corrected chi connectivity index (χ3v) is 0.409. The summed E-state index contributed by atoms with van der Waals surface area (Å²) in [7, 11) is 0. The van der Waals surface area contributed by atoms with Crippen molar-refractivity contribution in [1.82, 2.24) is 15.4 Å². The van der Waals surface area contributed by atoms with Crippen LogP contribution >= 0.6 is 0 Å². The molecule has 1 aromatic heterocycles. The molecule has 0 unspecified atom stereocenters. The summed E-state index contributed by atoms with van der Waals surface area (Å²) in [6.07, 6.45) is 3.15. The Morgan fingerprint density at radius 3 is 1.71 bits per heavy atom. The highest BCUT2D eigenvalue weighted by molar-refractivity contribution is 5.75. The van der Waals surface area contributed by atoms with Gasteiger partial charge in [0.2, 0.25) is 0 Å². The maximum atomic E-state index is 3.42. The monoisotopic (exact) mass is 113 g/mol. The van der Waals surface area contributed by atoms with Crippen LogP contribution in [-0.4, -0.2) is 26.4 Å². The number of aromatic nitrogens is 3. The molecule has 0 radical (unpaired) electrons. The molecule has 0 aliphatic heterocycles. The fourth-order valence-electron chi connectivity index (χ4n) is 0.205. The van der Waals surface area contributed by atoms with Crippen molar-refractivity contribution in [2.75, 3.05) is 0 Å². The van der Waals surface area contributed by atoms with Crippen LogP contribution in [0.5, 0.6) is 0 Å². The van der Waals surface area contributed by atoms with Crippen LogP contribution in [0.25, 0.3) is 0 Å². The molecule has 0 aliphatic carbocycles. The Kier molecular flexibility index (Phi) is 3.04. The molecule has 38 valence electrons. The summed E-state index contributed by atoms with van der Waals surface area (Å²) in [6, 6.07) is 1.72. The van der Waals surface area contributed by atoms with E-state index in [1.807, 2.05) is 0 Å². The standard InChI is InChI=1S/C3H3N3.H4Si/c1-2-4-6-5-3-1;/h1-3H;1H4. The molecule has 0 fully saturated rings. The summed E-state index contributed by atoms with van der Waals surface area (Å²) in [5, 5.41) is 10.1. The van der Waals surface area contributed by atoms with Gasteiger partial charge in [-0.1, -0.05) is 0 Å². The minimum atomic E-state index is 0. The van der Waals surface area contributed by atoms with E-state index in [0.717, 1.165) is 0 Å². The Morgan fingerprint density at radius 1 is 1.00 bits per heavy atom. The van der Waals surface area contributed by atoms with Gasteiger partial charge < -0.3 is 0 Å². The van der Waals surface area contributed by atoms with Crippen LogP contribution in [0.4, 0.5) is 0 Å². The summed E-state index contributed by atoms with van der Waals surface area (Å²) in [5.41, 5.74) is 0. The maximum Gasteiger partial charge on any atom is 0.0529 e. The second-order valence-electron chi connectivity index (χ2n) is 0.811. The van der Waals surface area contributed by atoms with Crippen LogP contribution in [-0.2, 0) is 0 Å². The molecule has 0 aliphatic rings. The maximum absolute atomic E-state index is 3.42. The van der Waals surface area contributed by atoms with Gasteiger partial charge in [-0.15, -0.1) is 10.2 Å². The molecule has 3 nitrogen and oxygen atoms in total. The molecule has 0 N–H and O–H groups in total. The second kappa shape index (κ2) is 3.42. The molecule has 1 aromatic rings. The topological polar surface area (TPSA) is 38.7 Å². The van der Waals surface area contributed by atoms with Gasteiger partial charge >= 0.3 is 0 Å². The third kappa shape index (κ3) is 1.99. The van der Waals surface area contributed by atoms with Crippen molar-refractivity contribution in [3.8, 4) is 0 Å². The molecule has 1 rings (SSSR count). The summed E-state index contributed by atoms with van der Waals surface area (Å²) in [5.74, 6) is 0. The Bertz CT molecular complexity index is 82.1. The second-order valence-corrected chi connectivity index (χ2v) is 0.811. The van der Waals surface area contributed by atoms with Gasteiger partial charge in [-0.2, -0.15) is 0 Å². The molecule has 0 amide bonds. The molecular weight excluding hydrogens is 106 g/mol. The zero-order chi connectivity index (χ0) is 4.24. The molecule has 0 saturated heterocycles. The van der Waals surface area contributed by atoms with Crippen LogP contribution in [0, 0.1) is 0 Å². The highest BCUT2D eigenvalue weighted by atomic mass is 28.1. The summed E-state index contributed by atoms with van der Waals surface area (Å²) in [6.45, 7) is 0. The fraction of sp³-hybridized carbons (Fsp3) is 0. The van der Waals surface area contributed by atoms with Crippen molar-refractivity contribution < 1.29 is 0 Å². The van der Waals surface area contributed by atoms with E-state index in [9.17, 15) is 0 Å². The molecule has 0 atom stereocenters. The van der Waals surface area contributed by atoms with E-state index >= 15 is 0 Å². The lowest BCUT2D eigenvalue weighted by Crippen LogP contribution is -1.78. The first-order valence-electron chi connectivity index (χ1n) is 1.58. The Labute approximate surface area is 45.8 Å². The largest absolute Gasteiger partial charge is 0.139 e. The van der Waals surface area contributed by atoms with Crippen molar-refractivity contribution >= 4 is 11.0 Å². The Hall–Kier alpha value is -0.773. The lowest BCUT2D eigenvalue weighted by Gasteiger charge is -1.68. The van der Waals surface area contributed by atoms with Gasteiger partial charge in [-0.25, -0.2) is 0 Å². The Morgan fingerprint density at radius 2 is 1.57 bits per heavy atom. The minimum Gasteiger partial charge on any atom is -0.139 e. The first-order chi connectivity index (χ1) is 3.00. The van der Waals surface area contributed by atoms with Crippen LogP contribution in [0.3, 0.4) is 0 Å². The van der Waals surface area contributed by atoms with Gasteiger partial charge in [0.15, 0.2) is 0 Å². The number of hydrogen-bond acceptors (Lipinski definition) is 3. The lowest BCUT2D eigenvalue weighted by atomic mass is 10.7. The van der Waals surface area contributed by atoms with E-state index < -0.39 is 0 Å². The van der Waals surface area contributed by atoms with E-state index in [2.05, 4.69) is 15.4 Å². The average Bonchev–Trinajstić information content (AvgIpc) is 1.72. The highest BCUT2D eigenvalue weighted by Gasteiger charge is 1.60. The molecule has 0 saturated carbocycles. The highest BCUT2D eigenvalue weighted by Crippen LogP contribution is 1.61. The Balaban J connectivity index is 0.000000360. The normalized spacial score (nSPS) is 6.86. The molecule has 1 heterocycles. The minimum absolute atomic E-state index is 0. The predicted molar refractivity (Wildman–Crippen MR) is 31.2 cm³/mol. The number of nitrogens with zero attached hydrogens (tertiary/aromatic N) is 3. The number of hydrogen-bond donors (Lipinski definition) is 0. The van der Waals surface area contributed by atoms with E-state index in [1.54, 1.807) is 18.5 Å². The van der Waals surface area contributed by atoms with Crippen molar-refractivity contribution in [2.24, 2.45) is 0 Å². The summed E-state index contributed by atoms with van der Waals surface area (Å²) < 4.78 is 0. The van der Waals surface area contributed by atoms with Crippen LogP contribution in [0.1, 0.15) is 0 Å². The van der Waals surface area contributed by atoms with E-state index in [-0.39, 0.29) is 11.0 Å². The third-order valence-electron chi connectivity index (χ3n) is 0.409. The fourth-order valence-corrected chi connectivity index (χ4v) is 0.205.